The van der Waals surface area contributed by atoms with Gasteiger partial charge in [0.05, 0.1) is 0 Å². The molecule has 0 amide bonds. The highest BCUT2D eigenvalue weighted by molar-refractivity contribution is 7.99. The van der Waals surface area contributed by atoms with Gasteiger partial charge in [0.1, 0.15) is 12.4 Å². The second-order valence-electron chi connectivity index (χ2n) is 9.16. The summed E-state index contributed by atoms with van der Waals surface area (Å²) in [7, 11) is -0.511. The van der Waals surface area contributed by atoms with Crippen molar-refractivity contribution < 1.29 is 18.3 Å². The first-order valence-electron chi connectivity index (χ1n) is 12.7. The van der Waals surface area contributed by atoms with Crippen LogP contribution in [0.25, 0.3) is 0 Å². The third kappa shape index (κ3) is 11.0. The summed E-state index contributed by atoms with van der Waals surface area (Å²) >= 11 is 8.31. The molecule has 0 spiro atoms. The predicted octanol–water partition coefficient (Wildman–Crippen LogP) is 9.31. The smallest absolute Gasteiger partial charge is 0.353 e. The Bertz CT molecular complexity index is 1240. The van der Waals surface area contributed by atoms with Crippen molar-refractivity contribution in [1.82, 2.24) is 0 Å². The first-order valence-corrected chi connectivity index (χ1v) is 15.5. The van der Waals surface area contributed by atoms with Crippen molar-refractivity contribution in [1.29, 1.82) is 0 Å². The first-order chi connectivity index (χ1) is 18.3. The van der Waals surface area contributed by atoms with E-state index in [1.807, 2.05) is 42.5 Å². The highest BCUT2D eigenvalue weighted by Crippen LogP contribution is 2.48. The molecule has 1 unspecified atom stereocenters. The SMILES string of the molecule is CCCC(N)(/C=C/P(=O)(OC)OC)CCCc1ccc(Sc2cccc(OCc3ccccc3)c2)cc1Cl.Cl. The van der Waals surface area contributed by atoms with Crippen LogP contribution in [0.2, 0.25) is 5.02 Å². The molecule has 0 aliphatic carbocycles. The van der Waals surface area contributed by atoms with Crippen LogP contribution in [0.15, 0.2) is 94.5 Å². The van der Waals surface area contributed by atoms with Gasteiger partial charge in [0, 0.05) is 40.4 Å². The number of hydrogen-bond donors (Lipinski definition) is 1. The van der Waals surface area contributed by atoms with Crippen LogP contribution >= 0.6 is 43.4 Å². The van der Waals surface area contributed by atoms with Crippen LogP contribution in [0.1, 0.15) is 43.7 Å². The second kappa shape index (κ2) is 16.5. The van der Waals surface area contributed by atoms with Crippen LogP contribution in [-0.4, -0.2) is 19.8 Å². The van der Waals surface area contributed by atoms with E-state index in [2.05, 4.69) is 37.3 Å². The zero-order chi connectivity index (χ0) is 27.4. The van der Waals surface area contributed by atoms with Crippen LogP contribution in [0.4, 0.5) is 0 Å². The van der Waals surface area contributed by atoms with Crippen molar-refractivity contribution in [3.05, 3.63) is 101 Å². The predicted molar refractivity (Wildman–Crippen MR) is 166 cm³/mol. The molecule has 0 bridgehead atoms. The number of aryl methyl sites for hydroxylation is 1. The minimum Gasteiger partial charge on any atom is -0.489 e. The number of ether oxygens (including phenoxy) is 1. The Balaban J connectivity index is 0.00000533. The summed E-state index contributed by atoms with van der Waals surface area (Å²) in [5.41, 5.74) is 8.27. The van der Waals surface area contributed by atoms with E-state index in [-0.39, 0.29) is 12.4 Å². The van der Waals surface area contributed by atoms with Gasteiger partial charge in [-0.15, -0.1) is 12.4 Å². The zero-order valence-corrected chi connectivity index (χ0v) is 26.0. The Morgan fingerprint density at radius 1 is 0.974 bits per heavy atom. The molecule has 0 aliphatic heterocycles. The van der Waals surface area contributed by atoms with Crippen molar-refractivity contribution in [2.45, 2.75) is 61.0 Å². The lowest BCUT2D eigenvalue weighted by Crippen LogP contribution is -2.37. The largest absolute Gasteiger partial charge is 0.489 e. The van der Waals surface area contributed by atoms with Gasteiger partial charge < -0.3 is 19.5 Å². The number of benzene rings is 3. The summed E-state index contributed by atoms with van der Waals surface area (Å²) in [5.74, 6) is 2.31. The lowest BCUT2D eigenvalue weighted by atomic mass is 9.88. The molecule has 0 aliphatic rings. The topological polar surface area (TPSA) is 70.8 Å². The molecule has 0 fully saturated rings. The van der Waals surface area contributed by atoms with Gasteiger partial charge >= 0.3 is 7.60 Å². The lowest BCUT2D eigenvalue weighted by Gasteiger charge is -2.26. The van der Waals surface area contributed by atoms with E-state index >= 15 is 0 Å². The summed E-state index contributed by atoms with van der Waals surface area (Å²) < 4.78 is 28.4. The lowest BCUT2D eigenvalue weighted by molar-refractivity contribution is 0.285. The molecule has 0 saturated heterocycles. The molecule has 39 heavy (non-hydrogen) atoms. The highest BCUT2D eigenvalue weighted by Gasteiger charge is 2.24. The molecule has 1 atom stereocenters. The van der Waals surface area contributed by atoms with Crippen molar-refractivity contribution in [3.8, 4) is 5.75 Å². The van der Waals surface area contributed by atoms with Crippen LogP contribution in [0.3, 0.4) is 0 Å². The van der Waals surface area contributed by atoms with E-state index in [9.17, 15) is 4.57 Å². The van der Waals surface area contributed by atoms with Gasteiger partial charge in [0.25, 0.3) is 0 Å². The van der Waals surface area contributed by atoms with Crippen LogP contribution in [0, 0.1) is 0 Å². The number of rotatable bonds is 15. The van der Waals surface area contributed by atoms with E-state index in [4.69, 9.17) is 31.1 Å². The summed E-state index contributed by atoms with van der Waals surface area (Å²) in [6, 6.07) is 24.4. The number of hydrogen-bond acceptors (Lipinski definition) is 6. The third-order valence-electron chi connectivity index (χ3n) is 6.22. The standard InChI is InChI=1S/C30H37ClNO4PS.ClH/c1-4-17-30(32,19-20-37(33,34-2)35-3)18-9-12-25-15-16-28(22-29(25)31)38-27-14-8-13-26(21-27)36-23-24-10-6-5-7-11-24;/h5-8,10-11,13-16,19-22H,4,9,12,17-18,23,32H2,1-3H3;1H/b20-19+;. The molecular formula is C30H38Cl2NO4PS. The molecule has 2 N–H and O–H groups in total. The maximum absolute atomic E-state index is 12.4. The molecule has 212 valence electrons. The quantitative estimate of drug-likeness (QED) is 0.173. The Morgan fingerprint density at radius 3 is 2.36 bits per heavy atom. The Labute approximate surface area is 248 Å². The molecule has 0 radical (unpaired) electrons. The van der Waals surface area contributed by atoms with Gasteiger partial charge in [-0.1, -0.05) is 85.2 Å². The second-order valence-corrected chi connectivity index (χ2v) is 12.8. The van der Waals surface area contributed by atoms with E-state index in [0.29, 0.717) is 6.61 Å². The molecule has 3 aromatic rings. The average molecular weight is 611 g/mol. The fourth-order valence-electron chi connectivity index (χ4n) is 4.10. The van der Waals surface area contributed by atoms with E-state index in [1.54, 1.807) is 17.8 Å². The molecule has 3 rings (SSSR count). The molecule has 9 heteroatoms. The summed E-state index contributed by atoms with van der Waals surface area (Å²) in [4.78, 5) is 2.15. The van der Waals surface area contributed by atoms with Gasteiger partial charge in [-0.2, -0.15) is 0 Å². The Hall–Kier alpha value is -1.76. The van der Waals surface area contributed by atoms with Crippen molar-refractivity contribution in [2.75, 3.05) is 14.2 Å². The minimum absolute atomic E-state index is 0. The van der Waals surface area contributed by atoms with Crippen LogP contribution in [-0.2, 0) is 26.6 Å². The van der Waals surface area contributed by atoms with Crippen LogP contribution in [0.5, 0.6) is 5.75 Å². The zero-order valence-electron chi connectivity index (χ0n) is 22.7. The normalized spacial score (nSPS) is 13.2. The summed E-state index contributed by atoms with van der Waals surface area (Å²) in [5, 5.41) is 0.739. The van der Waals surface area contributed by atoms with Gasteiger partial charge in [0.15, 0.2) is 0 Å². The molecular weight excluding hydrogens is 572 g/mol. The van der Waals surface area contributed by atoms with Gasteiger partial charge in [-0.25, -0.2) is 0 Å². The first kappa shape index (κ1) is 33.4. The molecule has 0 aromatic heterocycles. The maximum Gasteiger partial charge on any atom is 0.353 e. The summed E-state index contributed by atoms with van der Waals surface area (Å²) in [6.07, 6.45) is 5.84. The van der Waals surface area contributed by atoms with Gasteiger partial charge in [0.2, 0.25) is 0 Å². The monoisotopic (exact) mass is 609 g/mol. The maximum atomic E-state index is 12.4. The Morgan fingerprint density at radius 2 is 1.69 bits per heavy atom. The van der Waals surface area contributed by atoms with Crippen molar-refractivity contribution in [2.24, 2.45) is 5.73 Å². The van der Waals surface area contributed by atoms with Crippen molar-refractivity contribution in [3.63, 3.8) is 0 Å². The number of nitrogens with two attached hydrogens (primary N) is 1. The average Bonchev–Trinajstić information content (AvgIpc) is 2.93. The minimum atomic E-state index is -3.25. The molecule has 5 nitrogen and oxygen atoms in total. The van der Waals surface area contributed by atoms with Crippen molar-refractivity contribution >= 4 is 43.4 Å². The van der Waals surface area contributed by atoms with E-state index < -0.39 is 13.1 Å². The fourth-order valence-corrected chi connectivity index (χ4v) is 6.22. The molecule has 0 saturated carbocycles. The van der Waals surface area contributed by atoms with Gasteiger partial charge in [-0.05, 0) is 67.1 Å². The van der Waals surface area contributed by atoms with E-state index in [1.165, 1.54) is 20.0 Å². The molecule has 0 heterocycles. The molecule has 3 aromatic carbocycles. The fraction of sp³-hybridized carbons (Fsp3) is 0.333. The van der Waals surface area contributed by atoms with E-state index in [0.717, 1.165) is 63.8 Å². The third-order valence-corrected chi connectivity index (χ3v) is 9.08. The van der Waals surface area contributed by atoms with Crippen LogP contribution < -0.4 is 10.5 Å². The number of halogens is 2. The summed E-state index contributed by atoms with van der Waals surface area (Å²) in [6.45, 7) is 2.62. The Kier molecular flexibility index (Phi) is 14.1. The highest BCUT2D eigenvalue weighted by atomic mass is 35.5. The van der Waals surface area contributed by atoms with Gasteiger partial charge in [-0.3, -0.25) is 4.57 Å².